The Morgan fingerprint density at radius 2 is 2.23 bits per heavy atom. The Morgan fingerprint density at radius 1 is 1.41 bits per heavy atom. The average molecular weight is 306 g/mol. The zero-order valence-electron chi connectivity index (χ0n) is 14.3. The number of hydrogen-bond acceptors (Lipinski definition) is 3. The van der Waals surface area contributed by atoms with Crippen molar-refractivity contribution in [1.82, 2.24) is 9.80 Å². The van der Waals surface area contributed by atoms with Gasteiger partial charge in [-0.05, 0) is 50.8 Å². The van der Waals surface area contributed by atoms with Crippen LogP contribution in [0.5, 0.6) is 0 Å². The van der Waals surface area contributed by atoms with Gasteiger partial charge in [-0.1, -0.05) is 13.8 Å². The van der Waals surface area contributed by atoms with Crippen LogP contribution < -0.4 is 0 Å². The summed E-state index contributed by atoms with van der Waals surface area (Å²) in [6, 6.07) is 4.40. The van der Waals surface area contributed by atoms with Gasteiger partial charge in [-0.25, -0.2) is 0 Å². The maximum Gasteiger partial charge on any atom is 0.222 e. The smallest absolute Gasteiger partial charge is 0.222 e. The standard InChI is InChI=1S/C18H30N2O2/c1-15(2)6-4-11-20-12-10-16(8-9-18(20)21)19(3)14-17-7-5-13-22-17/h5,7,13,15-16H,4,6,8-12,14H2,1-3H3. The lowest BCUT2D eigenvalue weighted by molar-refractivity contribution is -0.130. The Balaban J connectivity index is 1.81. The molecule has 2 heterocycles. The second-order valence-corrected chi connectivity index (χ2v) is 6.89. The third-order valence-electron chi connectivity index (χ3n) is 4.59. The lowest BCUT2D eigenvalue weighted by Gasteiger charge is -2.26. The van der Waals surface area contributed by atoms with Crippen molar-refractivity contribution in [2.24, 2.45) is 5.92 Å². The highest BCUT2D eigenvalue weighted by molar-refractivity contribution is 5.76. The SMILES string of the molecule is CC(C)CCCN1CCC(N(C)Cc2ccco2)CCC1=O. The molecule has 0 aromatic carbocycles. The van der Waals surface area contributed by atoms with Gasteiger partial charge in [0.1, 0.15) is 5.76 Å². The van der Waals surface area contributed by atoms with E-state index in [-0.39, 0.29) is 0 Å². The third-order valence-corrected chi connectivity index (χ3v) is 4.59. The van der Waals surface area contributed by atoms with Gasteiger partial charge in [0.2, 0.25) is 5.91 Å². The summed E-state index contributed by atoms with van der Waals surface area (Å²) in [5.41, 5.74) is 0. The lowest BCUT2D eigenvalue weighted by atomic mass is 10.1. The Hall–Kier alpha value is -1.29. The lowest BCUT2D eigenvalue weighted by Crippen LogP contribution is -2.33. The molecule has 1 unspecified atom stereocenters. The van der Waals surface area contributed by atoms with Crippen molar-refractivity contribution < 1.29 is 9.21 Å². The van der Waals surface area contributed by atoms with Crippen molar-refractivity contribution in [2.75, 3.05) is 20.1 Å². The van der Waals surface area contributed by atoms with Crippen LogP contribution in [0.1, 0.15) is 51.7 Å². The van der Waals surface area contributed by atoms with E-state index in [1.54, 1.807) is 6.26 Å². The number of amides is 1. The highest BCUT2D eigenvalue weighted by Crippen LogP contribution is 2.19. The number of carbonyl (C=O) groups is 1. The average Bonchev–Trinajstić information content (AvgIpc) is 2.90. The predicted molar refractivity (Wildman–Crippen MR) is 88.5 cm³/mol. The maximum absolute atomic E-state index is 12.3. The molecule has 1 fully saturated rings. The first kappa shape index (κ1) is 17.1. The van der Waals surface area contributed by atoms with Gasteiger partial charge in [0, 0.05) is 25.6 Å². The fourth-order valence-corrected chi connectivity index (χ4v) is 3.17. The van der Waals surface area contributed by atoms with Crippen molar-refractivity contribution >= 4 is 5.91 Å². The van der Waals surface area contributed by atoms with Gasteiger partial charge >= 0.3 is 0 Å². The van der Waals surface area contributed by atoms with Crippen molar-refractivity contribution in [3.63, 3.8) is 0 Å². The molecule has 1 aliphatic rings. The summed E-state index contributed by atoms with van der Waals surface area (Å²) in [5.74, 6) is 2.04. The minimum Gasteiger partial charge on any atom is -0.468 e. The zero-order chi connectivity index (χ0) is 15.9. The van der Waals surface area contributed by atoms with Gasteiger partial charge < -0.3 is 9.32 Å². The third kappa shape index (κ3) is 5.16. The van der Waals surface area contributed by atoms with E-state index in [1.165, 1.54) is 6.42 Å². The van der Waals surface area contributed by atoms with Crippen LogP contribution >= 0.6 is 0 Å². The Labute approximate surface area is 134 Å². The molecular weight excluding hydrogens is 276 g/mol. The molecule has 1 aromatic heterocycles. The highest BCUT2D eigenvalue weighted by atomic mass is 16.3. The summed E-state index contributed by atoms with van der Waals surface area (Å²) in [7, 11) is 2.13. The van der Waals surface area contributed by atoms with E-state index in [1.807, 2.05) is 12.1 Å². The van der Waals surface area contributed by atoms with Crippen LogP contribution in [-0.2, 0) is 11.3 Å². The summed E-state index contributed by atoms with van der Waals surface area (Å²) in [6.07, 6.45) is 6.73. The van der Waals surface area contributed by atoms with Crippen molar-refractivity contribution in [2.45, 2.75) is 58.5 Å². The van der Waals surface area contributed by atoms with E-state index in [0.29, 0.717) is 24.3 Å². The largest absolute Gasteiger partial charge is 0.468 e. The second-order valence-electron chi connectivity index (χ2n) is 6.89. The van der Waals surface area contributed by atoms with Crippen LogP contribution in [0.25, 0.3) is 0 Å². The summed E-state index contributed by atoms with van der Waals surface area (Å²) in [6.45, 7) is 7.11. The summed E-state index contributed by atoms with van der Waals surface area (Å²) in [4.78, 5) is 16.7. The molecule has 124 valence electrons. The van der Waals surface area contributed by atoms with Gasteiger partial charge in [0.05, 0.1) is 12.8 Å². The zero-order valence-corrected chi connectivity index (χ0v) is 14.3. The molecule has 1 saturated heterocycles. The van der Waals surface area contributed by atoms with Crippen molar-refractivity contribution in [1.29, 1.82) is 0 Å². The van der Waals surface area contributed by atoms with Crippen LogP contribution in [0.3, 0.4) is 0 Å². The molecular formula is C18H30N2O2. The van der Waals surface area contributed by atoms with Gasteiger partial charge in [-0.3, -0.25) is 9.69 Å². The van der Waals surface area contributed by atoms with Crippen molar-refractivity contribution in [3.8, 4) is 0 Å². The molecule has 4 nitrogen and oxygen atoms in total. The minimum atomic E-state index is 0.331. The molecule has 1 aromatic rings. The number of likely N-dealkylation sites (tertiary alicyclic amines) is 1. The first-order valence-electron chi connectivity index (χ1n) is 8.56. The topological polar surface area (TPSA) is 36.7 Å². The van der Waals surface area contributed by atoms with Gasteiger partial charge in [0.25, 0.3) is 0 Å². The highest BCUT2D eigenvalue weighted by Gasteiger charge is 2.24. The molecule has 4 heteroatoms. The molecule has 0 aliphatic carbocycles. The van der Waals surface area contributed by atoms with Gasteiger partial charge in [-0.2, -0.15) is 0 Å². The van der Waals surface area contributed by atoms with E-state index in [9.17, 15) is 4.79 Å². The molecule has 0 bridgehead atoms. The molecule has 1 atom stereocenters. The molecule has 1 amide bonds. The second kappa shape index (κ2) is 8.37. The predicted octanol–water partition coefficient (Wildman–Crippen LogP) is 3.53. The number of hydrogen-bond donors (Lipinski definition) is 0. The van der Waals surface area contributed by atoms with E-state index in [4.69, 9.17) is 4.42 Å². The summed E-state index contributed by atoms with van der Waals surface area (Å²) < 4.78 is 5.42. The van der Waals surface area contributed by atoms with E-state index >= 15 is 0 Å². The number of nitrogens with zero attached hydrogens (tertiary/aromatic N) is 2. The fraction of sp³-hybridized carbons (Fsp3) is 0.722. The van der Waals surface area contributed by atoms with E-state index in [0.717, 1.165) is 44.7 Å². The molecule has 0 N–H and O–H groups in total. The first-order valence-corrected chi connectivity index (χ1v) is 8.56. The molecule has 0 radical (unpaired) electrons. The first-order chi connectivity index (χ1) is 10.6. The Morgan fingerprint density at radius 3 is 2.91 bits per heavy atom. The molecule has 1 aliphatic heterocycles. The van der Waals surface area contributed by atoms with Gasteiger partial charge in [0.15, 0.2) is 0 Å². The number of furan rings is 1. The van der Waals surface area contributed by atoms with Crippen LogP contribution in [-0.4, -0.2) is 41.9 Å². The van der Waals surface area contributed by atoms with Crippen LogP contribution in [0.15, 0.2) is 22.8 Å². The number of carbonyl (C=O) groups excluding carboxylic acids is 1. The molecule has 0 spiro atoms. The minimum absolute atomic E-state index is 0.331. The monoisotopic (exact) mass is 306 g/mol. The van der Waals surface area contributed by atoms with E-state index in [2.05, 4.69) is 30.7 Å². The van der Waals surface area contributed by atoms with E-state index < -0.39 is 0 Å². The normalized spacial score (nSPS) is 20.0. The van der Waals surface area contributed by atoms with Gasteiger partial charge in [-0.15, -0.1) is 0 Å². The van der Waals surface area contributed by atoms with Crippen LogP contribution in [0, 0.1) is 5.92 Å². The fourth-order valence-electron chi connectivity index (χ4n) is 3.17. The summed E-state index contributed by atoms with van der Waals surface area (Å²) >= 11 is 0. The van der Waals surface area contributed by atoms with Crippen molar-refractivity contribution in [3.05, 3.63) is 24.2 Å². The van der Waals surface area contributed by atoms with Crippen LogP contribution in [0.4, 0.5) is 0 Å². The molecule has 22 heavy (non-hydrogen) atoms. The Kier molecular flexibility index (Phi) is 6.49. The maximum atomic E-state index is 12.3. The molecule has 2 rings (SSSR count). The van der Waals surface area contributed by atoms with Crippen LogP contribution in [0.2, 0.25) is 0 Å². The summed E-state index contributed by atoms with van der Waals surface area (Å²) in [5, 5.41) is 0. The molecule has 0 saturated carbocycles. The quantitative estimate of drug-likeness (QED) is 0.773. The number of rotatable bonds is 7. The Bertz CT molecular complexity index is 442.